The summed E-state index contributed by atoms with van der Waals surface area (Å²) in [5.74, 6) is 0. The van der Waals surface area contributed by atoms with Gasteiger partial charge in [0.15, 0.2) is 0 Å². The first-order valence-electron chi connectivity index (χ1n) is 1.05. The topological polar surface area (TPSA) is 0 Å². The number of rotatable bonds is 1. The minimum atomic E-state index is 1.62. The maximum absolute atomic E-state index is 3.44. The Bertz CT molecular complexity index is 20.0. The van der Waals surface area contributed by atoms with Gasteiger partial charge in [-0.3, -0.25) is 0 Å². The molecular weight excluding hydrogens is 65.7 g/mol. The van der Waals surface area contributed by atoms with E-state index < -0.39 is 0 Å². The molecule has 0 saturated carbocycles. The molecule has 0 N–H and O–H groups in total. The molecule has 0 aromatic rings. The van der Waals surface area contributed by atoms with Crippen molar-refractivity contribution in [3.63, 3.8) is 0 Å². The van der Waals surface area contributed by atoms with Crippen LogP contribution in [0.15, 0.2) is 0 Å². The predicted octanol–water partition coefficient (Wildman–Crippen LogP) is -0.216. The molecule has 0 heterocycles. The predicted molar refractivity (Wildman–Crippen MR) is 26.4 cm³/mol. The van der Waals surface area contributed by atoms with Gasteiger partial charge in [0.1, 0.15) is 0 Å². The molecule has 4 heavy (non-hydrogen) atoms. The summed E-state index contributed by atoms with van der Waals surface area (Å²) in [5.41, 5.74) is 0. The van der Waals surface area contributed by atoms with Crippen molar-refractivity contribution in [2.45, 2.75) is 0 Å². The third kappa shape index (κ3) is 2.48. The SMILES string of the molecule is B=BSC. The van der Waals surface area contributed by atoms with E-state index >= 15 is 0 Å². The molecule has 3 heteroatoms. The number of hydrogen-bond donors (Lipinski definition) is 0. The molecule has 0 aliphatic carbocycles. The van der Waals surface area contributed by atoms with Gasteiger partial charge in [0, 0.05) is 0 Å². The van der Waals surface area contributed by atoms with Crippen molar-refractivity contribution in [3.05, 3.63) is 0 Å². The van der Waals surface area contributed by atoms with Gasteiger partial charge in [0.2, 0.25) is 0 Å². The zero-order valence-electron chi connectivity index (χ0n) is 2.69. The molecule has 0 rings (SSSR count). The standard InChI is InChI=1S/CH4B2S/c1-4-3-2/h2H,1H3. The second-order valence-electron chi connectivity index (χ2n) is 0.402. The summed E-state index contributed by atoms with van der Waals surface area (Å²) < 4.78 is 0. The summed E-state index contributed by atoms with van der Waals surface area (Å²) in [7, 11) is 3.44. The van der Waals surface area contributed by atoms with Crippen LogP contribution in [0.5, 0.6) is 0 Å². The average molecular weight is 69.7 g/mol. The molecule has 0 saturated heterocycles. The van der Waals surface area contributed by atoms with Crippen LogP contribution in [0.1, 0.15) is 0 Å². The summed E-state index contributed by atoms with van der Waals surface area (Å²) in [6.07, 6.45) is 3.77. The summed E-state index contributed by atoms with van der Waals surface area (Å²) in [4.78, 5) is 0. The molecule has 0 aromatic carbocycles. The van der Waals surface area contributed by atoms with E-state index in [-0.39, 0.29) is 0 Å². The van der Waals surface area contributed by atoms with E-state index in [9.17, 15) is 0 Å². The summed E-state index contributed by atoms with van der Waals surface area (Å²) in [6.45, 7) is 0. The van der Waals surface area contributed by atoms with Gasteiger partial charge in [0.05, 0.1) is 0 Å². The van der Waals surface area contributed by atoms with E-state index in [0.29, 0.717) is 0 Å². The van der Waals surface area contributed by atoms with Crippen LogP contribution >= 0.6 is 11.6 Å². The third-order valence-corrected chi connectivity index (χ3v) is 0.500. The van der Waals surface area contributed by atoms with E-state index in [1.807, 2.05) is 6.26 Å². The van der Waals surface area contributed by atoms with E-state index in [2.05, 4.69) is 7.37 Å². The molecule has 0 unspecified atom stereocenters. The van der Waals surface area contributed by atoms with Crippen molar-refractivity contribution in [1.82, 2.24) is 0 Å². The van der Waals surface area contributed by atoms with E-state index in [1.54, 1.807) is 17.7 Å². The first kappa shape index (κ1) is 4.48. The Morgan fingerprint density at radius 3 is 2.25 bits per heavy atom. The maximum atomic E-state index is 3.44. The molecule has 20 valence electrons. The van der Waals surface area contributed by atoms with Crippen molar-refractivity contribution in [1.29, 1.82) is 0 Å². The minimum absolute atomic E-state index is 1.62. The zero-order chi connectivity index (χ0) is 3.41. The molecule has 0 atom stereocenters. The van der Waals surface area contributed by atoms with Gasteiger partial charge >= 0.3 is 31.3 Å². The van der Waals surface area contributed by atoms with Gasteiger partial charge in [-0.05, 0) is 0 Å². The van der Waals surface area contributed by atoms with Gasteiger partial charge in [0.25, 0.3) is 0 Å². The van der Waals surface area contributed by atoms with Gasteiger partial charge in [-0.15, -0.1) is 0 Å². The molecule has 0 spiro atoms. The Morgan fingerprint density at radius 2 is 2.25 bits per heavy atom. The quantitative estimate of drug-likeness (QED) is 0.384. The van der Waals surface area contributed by atoms with Gasteiger partial charge in [-0.1, -0.05) is 0 Å². The number of hydrogen-bond acceptors (Lipinski definition) is 1. The Kier molecular flexibility index (Phi) is 3.90. The van der Waals surface area contributed by atoms with Crippen LogP contribution in [0.2, 0.25) is 0 Å². The van der Waals surface area contributed by atoms with Crippen LogP contribution < -0.4 is 0 Å². The fraction of sp³-hybridized carbons (Fsp3) is 1.00. The second kappa shape index (κ2) is 3.48. The van der Waals surface area contributed by atoms with Crippen molar-refractivity contribution in [3.8, 4) is 0 Å². The van der Waals surface area contributed by atoms with Crippen molar-refractivity contribution in [2.24, 2.45) is 0 Å². The van der Waals surface area contributed by atoms with Gasteiger partial charge in [-0.25, -0.2) is 0 Å². The Morgan fingerprint density at radius 1 is 2.00 bits per heavy atom. The van der Waals surface area contributed by atoms with E-state index in [4.69, 9.17) is 0 Å². The molecule has 0 fully saturated rings. The summed E-state index contributed by atoms with van der Waals surface area (Å²) >= 11 is 1.62. The second-order valence-corrected chi connectivity index (χ2v) is 1.21. The van der Waals surface area contributed by atoms with E-state index in [1.165, 1.54) is 0 Å². The van der Waals surface area contributed by atoms with Crippen LogP contribution in [0.3, 0.4) is 0 Å². The fourth-order valence-corrected chi connectivity index (χ4v) is 0. The summed E-state index contributed by atoms with van der Waals surface area (Å²) in [5, 5.41) is 0. The monoisotopic (exact) mass is 70.0 g/mol. The zero-order valence-corrected chi connectivity index (χ0v) is 3.51. The molecule has 0 nitrogen and oxygen atoms in total. The summed E-state index contributed by atoms with van der Waals surface area (Å²) in [6, 6.07) is 0. The van der Waals surface area contributed by atoms with Gasteiger partial charge in [-0.2, -0.15) is 0 Å². The molecule has 0 radical (unpaired) electrons. The van der Waals surface area contributed by atoms with Crippen LogP contribution in [0, 0.1) is 0 Å². The Hall–Kier alpha value is 0.480. The van der Waals surface area contributed by atoms with Gasteiger partial charge < -0.3 is 0 Å². The van der Waals surface area contributed by atoms with Crippen LogP contribution in [0.4, 0.5) is 0 Å². The van der Waals surface area contributed by atoms with Crippen molar-refractivity contribution >= 4 is 25.1 Å². The molecule has 0 amide bonds. The first-order valence-corrected chi connectivity index (χ1v) is 2.34. The normalized spacial score (nSPS) is 5.00. The fourth-order valence-electron chi connectivity index (χ4n) is 0. The Labute approximate surface area is 32.1 Å². The van der Waals surface area contributed by atoms with E-state index in [0.717, 1.165) is 0 Å². The van der Waals surface area contributed by atoms with Crippen LogP contribution in [0.25, 0.3) is 0 Å². The van der Waals surface area contributed by atoms with Crippen LogP contribution in [-0.2, 0) is 0 Å². The Balaban J connectivity index is 2.30. The van der Waals surface area contributed by atoms with Crippen LogP contribution in [-0.4, -0.2) is 19.7 Å². The molecule has 0 aliphatic heterocycles. The van der Waals surface area contributed by atoms with Crippen molar-refractivity contribution in [2.75, 3.05) is 6.26 Å². The molecule has 0 aromatic heterocycles. The third-order valence-electron chi connectivity index (χ3n) is 0.167. The molecule has 0 aliphatic rings. The molecule has 0 bridgehead atoms. The molecular formula is CH4B2S. The average Bonchev–Trinajstić information content (AvgIpc) is 1.37. The van der Waals surface area contributed by atoms with Crippen molar-refractivity contribution < 1.29 is 0 Å². The first-order chi connectivity index (χ1) is 1.91.